The number of carbonyl (C=O) groups is 1. The van der Waals surface area contributed by atoms with Gasteiger partial charge in [0.05, 0.1) is 12.0 Å². The van der Waals surface area contributed by atoms with Crippen molar-refractivity contribution < 1.29 is 13.7 Å². The zero-order chi connectivity index (χ0) is 17.5. The average molecular weight is 328 g/mol. The van der Waals surface area contributed by atoms with Gasteiger partial charge in [0, 0.05) is 24.1 Å². The van der Waals surface area contributed by atoms with Gasteiger partial charge in [-0.1, -0.05) is 29.4 Å². The molecule has 24 heavy (non-hydrogen) atoms. The summed E-state index contributed by atoms with van der Waals surface area (Å²) in [4.78, 5) is 14.6. The van der Waals surface area contributed by atoms with Crippen molar-refractivity contribution >= 4 is 5.91 Å². The van der Waals surface area contributed by atoms with Gasteiger partial charge in [-0.3, -0.25) is 4.79 Å². The molecule has 1 amide bonds. The van der Waals surface area contributed by atoms with E-state index in [-0.39, 0.29) is 11.7 Å². The Kier molecular flexibility index (Phi) is 4.03. The van der Waals surface area contributed by atoms with Crippen LogP contribution in [0.4, 0.5) is 4.39 Å². The highest BCUT2D eigenvalue weighted by atomic mass is 19.1. The average Bonchev–Trinajstić information content (AvgIpc) is 2.97. The van der Waals surface area contributed by atoms with Gasteiger partial charge in [-0.15, -0.1) is 0 Å². The van der Waals surface area contributed by atoms with Gasteiger partial charge in [0.1, 0.15) is 17.3 Å². The Morgan fingerprint density at radius 1 is 1.38 bits per heavy atom. The molecule has 0 bridgehead atoms. The molecular formula is C19H21FN2O2. The van der Waals surface area contributed by atoms with Crippen LogP contribution in [0.1, 0.15) is 32.1 Å². The van der Waals surface area contributed by atoms with E-state index in [1.165, 1.54) is 6.07 Å². The van der Waals surface area contributed by atoms with Gasteiger partial charge in [-0.25, -0.2) is 4.39 Å². The summed E-state index contributed by atoms with van der Waals surface area (Å²) in [6, 6.07) is 6.46. The second-order valence-corrected chi connectivity index (χ2v) is 6.79. The predicted molar refractivity (Wildman–Crippen MR) is 89.6 cm³/mol. The van der Waals surface area contributed by atoms with E-state index in [1.807, 2.05) is 20.8 Å². The number of amides is 1. The number of hydrogen-bond acceptors (Lipinski definition) is 3. The Morgan fingerprint density at radius 3 is 2.75 bits per heavy atom. The molecule has 0 spiro atoms. The molecule has 0 N–H and O–H groups in total. The summed E-state index contributed by atoms with van der Waals surface area (Å²) >= 11 is 0. The summed E-state index contributed by atoms with van der Waals surface area (Å²) in [6.07, 6.45) is 0.578. The zero-order valence-corrected chi connectivity index (χ0v) is 14.2. The van der Waals surface area contributed by atoms with Crippen LogP contribution >= 0.6 is 0 Å². The molecule has 3 rings (SSSR count). The molecule has 1 aromatic heterocycles. The molecule has 2 heterocycles. The number of rotatable bonds is 3. The molecule has 1 aliphatic rings. The Balaban J connectivity index is 1.94. The van der Waals surface area contributed by atoms with E-state index >= 15 is 0 Å². The van der Waals surface area contributed by atoms with E-state index in [0.29, 0.717) is 30.8 Å². The predicted octanol–water partition coefficient (Wildman–Crippen LogP) is 3.97. The van der Waals surface area contributed by atoms with Gasteiger partial charge < -0.3 is 9.42 Å². The highest BCUT2D eigenvalue weighted by Crippen LogP contribution is 2.34. The molecular weight excluding hydrogens is 307 g/mol. The largest absolute Gasteiger partial charge is 0.360 e. The first kappa shape index (κ1) is 16.4. The van der Waals surface area contributed by atoms with Gasteiger partial charge >= 0.3 is 0 Å². The number of nitrogens with zero attached hydrogens (tertiary/aromatic N) is 2. The molecule has 0 saturated carbocycles. The van der Waals surface area contributed by atoms with E-state index in [9.17, 15) is 9.18 Å². The van der Waals surface area contributed by atoms with Crippen molar-refractivity contribution in [1.29, 1.82) is 0 Å². The van der Waals surface area contributed by atoms with Gasteiger partial charge in [0.15, 0.2) is 0 Å². The smallest absolute Gasteiger partial charge is 0.232 e. The lowest BCUT2D eigenvalue weighted by Crippen LogP contribution is -2.43. The van der Waals surface area contributed by atoms with Crippen molar-refractivity contribution in [3.05, 3.63) is 53.6 Å². The lowest BCUT2D eigenvalue weighted by Gasteiger charge is -2.34. The van der Waals surface area contributed by atoms with Crippen LogP contribution in [-0.4, -0.2) is 22.5 Å². The normalized spacial score (nSPS) is 14.4. The summed E-state index contributed by atoms with van der Waals surface area (Å²) < 4.78 is 19.5. The van der Waals surface area contributed by atoms with Crippen LogP contribution in [0.15, 0.2) is 40.9 Å². The van der Waals surface area contributed by atoms with Gasteiger partial charge in [0.25, 0.3) is 0 Å². The second-order valence-electron chi connectivity index (χ2n) is 6.79. The Labute approximate surface area is 140 Å². The summed E-state index contributed by atoms with van der Waals surface area (Å²) in [5, 5.41) is 4.05. The second kappa shape index (κ2) is 5.89. The highest BCUT2D eigenvalue weighted by Gasteiger charge is 2.36. The first-order chi connectivity index (χ1) is 11.3. The minimum atomic E-state index is -0.632. The number of halogens is 1. The number of fused-ring (bicyclic) bond motifs is 1. The van der Waals surface area contributed by atoms with Crippen LogP contribution in [0, 0.1) is 11.2 Å². The van der Waals surface area contributed by atoms with E-state index in [2.05, 4.69) is 11.7 Å². The van der Waals surface area contributed by atoms with Gasteiger partial charge in [0.2, 0.25) is 5.91 Å². The summed E-state index contributed by atoms with van der Waals surface area (Å²) in [5.41, 5.74) is 1.85. The van der Waals surface area contributed by atoms with Crippen molar-refractivity contribution in [2.24, 2.45) is 5.41 Å². The zero-order valence-electron chi connectivity index (χ0n) is 14.2. The Hall–Kier alpha value is -2.43. The van der Waals surface area contributed by atoms with Gasteiger partial charge in [-0.05, 0) is 32.9 Å². The Bertz CT molecular complexity index is 807. The first-order valence-electron chi connectivity index (χ1n) is 8.00. The molecule has 4 nitrogen and oxygen atoms in total. The maximum Gasteiger partial charge on any atom is 0.232 e. The highest BCUT2D eigenvalue weighted by molar-refractivity contribution is 5.85. The molecule has 1 aliphatic heterocycles. The van der Waals surface area contributed by atoms with Crippen molar-refractivity contribution in [2.45, 2.75) is 33.7 Å². The van der Waals surface area contributed by atoms with Crippen LogP contribution in [-0.2, 0) is 17.8 Å². The summed E-state index contributed by atoms with van der Waals surface area (Å²) in [7, 11) is 0. The lowest BCUT2D eigenvalue weighted by molar-refractivity contribution is -0.139. The van der Waals surface area contributed by atoms with Crippen LogP contribution in [0.25, 0.3) is 11.3 Å². The van der Waals surface area contributed by atoms with Crippen LogP contribution < -0.4 is 0 Å². The Morgan fingerprint density at radius 2 is 2.08 bits per heavy atom. The quantitative estimate of drug-likeness (QED) is 0.801. The van der Waals surface area contributed by atoms with Crippen LogP contribution in [0.3, 0.4) is 0 Å². The maximum absolute atomic E-state index is 14.1. The fourth-order valence-electron chi connectivity index (χ4n) is 2.83. The lowest BCUT2D eigenvalue weighted by atomic mass is 9.84. The molecule has 0 unspecified atom stereocenters. The summed E-state index contributed by atoms with van der Waals surface area (Å²) in [5.74, 6) is 0.395. The number of hydrogen-bond donors (Lipinski definition) is 0. The SMILES string of the molecule is C=C(C)C(C)(C)C(=O)N1CCc2onc(-c3ccccc3F)c2C1. The third-order valence-electron chi connectivity index (χ3n) is 4.85. The van der Waals surface area contributed by atoms with E-state index in [0.717, 1.165) is 16.9 Å². The third kappa shape index (κ3) is 2.64. The molecule has 2 aromatic rings. The minimum Gasteiger partial charge on any atom is -0.360 e. The standard InChI is InChI=1S/C19H21FN2O2/c1-12(2)19(3,4)18(23)22-10-9-16-14(11-22)17(21-24-16)13-7-5-6-8-15(13)20/h5-8H,1,9-11H2,2-4H3. The van der Waals surface area contributed by atoms with E-state index in [1.54, 1.807) is 23.1 Å². The van der Waals surface area contributed by atoms with Gasteiger partial charge in [-0.2, -0.15) is 0 Å². The molecule has 0 fully saturated rings. The fraction of sp³-hybridized carbons (Fsp3) is 0.368. The molecule has 5 heteroatoms. The van der Waals surface area contributed by atoms with Crippen LogP contribution in [0.5, 0.6) is 0 Å². The van der Waals surface area contributed by atoms with E-state index in [4.69, 9.17) is 4.52 Å². The summed E-state index contributed by atoms with van der Waals surface area (Å²) in [6.45, 7) is 10.5. The minimum absolute atomic E-state index is 0.0151. The fourth-order valence-corrected chi connectivity index (χ4v) is 2.83. The maximum atomic E-state index is 14.1. The number of aromatic nitrogens is 1. The molecule has 0 atom stereocenters. The van der Waals surface area contributed by atoms with Crippen molar-refractivity contribution in [3.63, 3.8) is 0 Å². The van der Waals surface area contributed by atoms with Crippen molar-refractivity contribution in [1.82, 2.24) is 10.1 Å². The molecule has 0 aliphatic carbocycles. The van der Waals surface area contributed by atoms with Crippen molar-refractivity contribution in [2.75, 3.05) is 6.54 Å². The molecule has 126 valence electrons. The first-order valence-corrected chi connectivity index (χ1v) is 8.00. The number of benzene rings is 1. The van der Waals surface area contributed by atoms with Crippen LogP contribution in [0.2, 0.25) is 0 Å². The monoisotopic (exact) mass is 328 g/mol. The van der Waals surface area contributed by atoms with E-state index < -0.39 is 5.41 Å². The molecule has 0 saturated heterocycles. The molecule has 0 radical (unpaired) electrons. The number of carbonyl (C=O) groups excluding carboxylic acids is 1. The topological polar surface area (TPSA) is 46.3 Å². The molecule has 1 aromatic carbocycles. The third-order valence-corrected chi connectivity index (χ3v) is 4.85. The van der Waals surface area contributed by atoms with Crippen molar-refractivity contribution in [3.8, 4) is 11.3 Å².